The summed E-state index contributed by atoms with van der Waals surface area (Å²) in [5.74, 6) is -0.894. The number of piperidine rings is 1. The summed E-state index contributed by atoms with van der Waals surface area (Å²) < 4.78 is 1.55. The summed E-state index contributed by atoms with van der Waals surface area (Å²) in [4.78, 5) is 28.9. The molecular formula is C20H21N5O3. The van der Waals surface area contributed by atoms with E-state index in [4.69, 9.17) is 5.11 Å². The first-order chi connectivity index (χ1) is 13.6. The van der Waals surface area contributed by atoms with Gasteiger partial charge in [0.25, 0.3) is 5.91 Å². The Morgan fingerprint density at radius 3 is 2.75 bits per heavy atom. The third-order valence-electron chi connectivity index (χ3n) is 5.01. The number of carboxylic acids is 1. The SMILES string of the molecule is O=C(O)c1cn(C[C@@H]2CCCN(C(=O)c3ccc(-c4ccccc4)[nH]3)C2)nn1. The number of H-pyrrole nitrogens is 1. The van der Waals surface area contributed by atoms with Gasteiger partial charge in [-0.15, -0.1) is 5.10 Å². The van der Waals surface area contributed by atoms with Crippen LogP contribution >= 0.6 is 0 Å². The van der Waals surface area contributed by atoms with Crippen molar-refractivity contribution < 1.29 is 14.7 Å². The molecule has 2 N–H and O–H groups in total. The molecule has 1 saturated heterocycles. The van der Waals surface area contributed by atoms with Gasteiger partial charge in [0.1, 0.15) is 5.69 Å². The number of amides is 1. The van der Waals surface area contributed by atoms with Gasteiger partial charge in [0.2, 0.25) is 0 Å². The molecule has 1 amide bonds. The molecule has 144 valence electrons. The molecule has 0 aliphatic carbocycles. The smallest absolute Gasteiger partial charge is 0.358 e. The molecule has 3 heterocycles. The number of hydrogen-bond donors (Lipinski definition) is 2. The molecule has 8 heteroatoms. The summed E-state index contributed by atoms with van der Waals surface area (Å²) in [7, 11) is 0. The number of carboxylic acid groups (broad SMARTS) is 1. The minimum atomic E-state index is -1.09. The lowest BCUT2D eigenvalue weighted by atomic mass is 9.98. The van der Waals surface area contributed by atoms with Gasteiger partial charge < -0.3 is 15.0 Å². The fourth-order valence-corrected chi connectivity index (χ4v) is 3.63. The lowest BCUT2D eigenvalue weighted by Crippen LogP contribution is -2.41. The highest BCUT2D eigenvalue weighted by Crippen LogP contribution is 2.22. The molecule has 1 aliphatic heterocycles. The summed E-state index contributed by atoms with van der Waals surface area (Å²) in [6.45, 7) is 1.87. The Hall–Kier alpha value is -3.42. The van der Waals surface area contributed by atoms with Crippen molar-refractivity contribution in [3.05, 3.63) is 60.0 Å². The molecule has 8 nitrogen and oxygen atoms in total. The number of nitrogens with one attached hydrogen (secondary N) is 1. The molecule has 1 atom stereocenters. The largest absolute Gasteiger partial charge is 0.476 e. The van der Waals surface area contributed by atoms with Gasteiger partial charge in [-0.05, 0) is 36.5 Å². The second kappa shape index (κ2) is 7.67. The first kappa shape index (κ1) is 18.0. The number of carbonyl (C=O) groups is 2. The average Bonchev–Trinajstić information content (AvgIpc) is 3.38. The van der Waals surface area contributed by atoms with Gasteiger partial charge in [0, 0.05) is 25.3 Å². The van der Waals surface area contributed by atoms with Crippen molar-refractivity contribution in [1.82, 2.24) is 24.9 Å². The number of hydrogen-bond acceptors (Lipinski definition) is 4. The van der Waals surface area contributed by atoms with Gasteiger partial charge in [0.15, 0.2) is 5.69 Å². The maximum Gasteiger partial charge on any atom is 0.358 e. The van der Waals surface area contributed by atoms with Crippen LogP contribution in [0.2, 0.25) is 0 Å². The van der Waals surface area contributed by atoms with Crippen LogP contribution in [0.15, 0.2) is 48.7 Å². The van der Waals surface area contributed by atoms with E-state index in [0.29, 0.717) is 25.3 Å². The van der Waals surface area contributed by atoms with E-state index in [1.165, 1.54) is 6.20 Å². The van der Waals surface area contributed by atoms with Gasteiger partial charge in [-0.2, -0.15) is 0 Å². The van der Waals surface area contributed by atoms with Crippen LogP contribution in [0, 0.1) is 5.92 Å². The second-order valence-electron chi connectivity index (χ2n) is 7.04. The summed E-state index contributed by atoms with van der Waals surface area (Å²) in [5.41, 5.74) is 2.47. The molecule has 0 saturated carbocycles. The van der Waals surface area contributed by atoms with E-state index < -0.39 is 5.97 Å². The lowest BCUT2D eigenvalue weighted by molar-refractivity contribution is 0.0653. The van der Waals surface area contributed by atoms with E-state index in [1.807, 2.05) is 47.4 Å². The predicted octanol–water partition coefficient (Wildman–Crippen LogP) is 2.52. The number of aromatic amines is 1. The van der Waals surface area contributed by atoms with Gasteiger partial charge in [-0.25, -0.2) is 4.79 Å². The first-order valence-corrected chi connectivity index (χ1v) is 9.27. The van der Waals surface area contributed by atoms with Crippen LogP contribution in [-0.4, -0.2) is 55.0 Å². The van der Waals surface area contributed by atoms with Crippen LogP contribution in [0.5, 0.6) is 0 Å². The Morgan fingerprint density at radius 1 is 1.18 bits per heavy atom. The second-order valence-corrected chi connectivity index (χ2v) is 7.04. The summed E-state index contributed by atoms with van der Waals surface area (Å²) in [5, 5.41) is 16.5. The number of likely N-dealkylation sites (tertiary alicyclic amines) is 1. The third-order valence-corrected chi connectivity index (χ3v) is 5.01. The Bertz CT molecular complexity index is 979. The standard InChI is InChI=1S/C20H21N5O3/c26-19(17-9-8-16(21-17)15-6-2-1-3-7-15)24-10-4-5-14(11-24)12-25-13-18(20(27)28)22-23-25/h1-3,6-9,13-14,21H,4-5,10-12H2,(H,27,28)/t14-/m1/s1. The number of carbonyl (C=O) groups excluding carboxylic acids is 1. The van der Waals surface area contributed by atoms with Crippen LogP contribution in [0.3, 0.4) is 0 Å². The summed E-state index contributed by atoms with van der Waals surface area (Å²) in [6, 6.07) is 13.6. The first-order valence-electron chi connectivity index (χ1n) is 9.27. The van der Waals surface area contributed by atoms with Gasteiger partial charge >= 0.3 is 5.97 Å². The molecule has 28 heavy (non-hydrogen) atoms. The van der Waals surface area contributed by atoms with Crippen LogP contribution < -0.4 is 0 Å². The van der Waals surface area contributed by atoms with Gasteiger partial charge in [0.05, 0.1) is 6.20 Å². The van der Waals surface area contributed by atoms with Gasteiger partial charge in [-0.3, -0.25) is 9.48 Å². The summed E-state index contributed by atoms with van der Waals surface area (Å²) in [6.07, 6.45) is 3.30. The van der Waals surface area contributed by atoms with Crippen molar-refractivity contribution in [2.45, 2.75) is 19.4 Å². The molecule has 1 aliphatic rings. The minimum absolute atomic E-state index is 0.0169. The molecule has 0 radical (unpaired) electrons. The highest BCUT2D eigenvalue weighted by atomic mass is 16.4. The van der Waals surface area contributed by atoms with Crippen molar-refractivity contribution in [2.75, 3.05) is 13.1 Å². The Morgan fingerprint density at radius 2 is 2.00 bits per heavy atom. The molecule has 3 aromatic rings. The Labute approximate surface area is 161 Å². The maximum atomic E-state index is 12.9. The molecular weight excluding hydrogens is 358 g/mol. The van der Waals surface area contributed by atoms with Crippen molar-refractivity contribution in [3.8, 4) is 11.3 Å². The van der Waals surface area contributed by atoms with Crippen LogP contribution in [0.4, 0.5) is 0 Å². The van der Waals surface area contributed by atoms with Crippen molar-refractivity contribution in [2.24, 2.45) is 5.92 Å². The third kappa shape index (κ3) is 3.80. The van der Waals surface area contributed by atoms with E-state index in [1.54, 1.807) is 4.68 Å². The molecule has 1 fully saturated rings. The topological polar surface area (TPSA) is 104 Å². The highest BCUT2D eigenvalue weighted by Gasteiger charge is 2.26. The molecule has 0 bridgehead atoms. The molecule has 1 aromatic carbocycles. The minimum Gasteiger partial charge on any atom is -0.476 e. The number of benzene rings is 1. The van der Waals surface area contributed by atoms with E-state index >= 15 is 0 Å². The number of nitrogens with zero attached hydrogens (tertiary/aromatic N) is 4. The number of aromatic carboxylic acids is 1. The van der Waals surface area contributed by atoms with Crippen LogP contribution in [0.25, 0.3) is 11.3 Å². The lowest BCUT2D eigenvalue weighted by Gasteiger charge is -2.32. The van der Waals surface area contributed by atoms with E-state index in [-0.39, 0.29) is 17.5 Å². The molecule has 0 unspecified atom stereocenters. The fraction of sp³-hybridized carbons (Fsp3) is 0.300. The molecule has 2 aromatic heterocycles. The van der Waals surface area contributed by atoms with Crippen LogP contribution in [0.1, 0.15) is 33.8 Å². The van der Waals surface area contributed by atoms with E-state index in [0.717, 1.165) is 24.1 Å². The van der Waals surface area contributed by atoms with Crippen molar-refractivity contribution >= 4 is 11.9 Å². The zero-order valence-electron chi connectivity index (χ0n) is 15.3. The zero-order valence-corrected chi connectivity index (χ0v) is 15.3. The number of rotatable bonds is 5. The molecule has 4 rings (SSSR count). The zero-order chi connectivity index (χ0) is 19.5. The highest BCUT2D eigenvalue weighted by molar-refractivity contribution is 5.93. The normalized spacial score (nSPS) is 16.9. The van der Waals surface area contributed by atoms with Gasteiger partial charge in [-0.1, -0.05) is 35.5 Å². The Kier molecular flexibility index (Phi) is 4.92. The van der Waals surface area contributed by atoms with Crippen molar-refractivity contribution in [3.63, 3.8) is 0 Å². The van der Waals surface area contributed by atoms with Crippen molar-refractivity contribution in [1.29, 1.82) is 0 Å². The maximum absolute atomic E-state index is 12.9. The monoisotopic (exact) mass is 379 g/mol. The average molecular weight is 379 g/mol. The van der Waals surface area contributed by atoms with E-state index in [2.05, 4.69) is 15.3 Å². The predicted molar refractivity (Wildman–Crippen MR) is 102 cm³/mol. The van der Waals surface area contributed by atoms with E-state index in [9.17, 15) is 9.59 Å². The fourth-order valence-electron chi connectivity index (χ4n) is 3.63. The summed E-state index contributed by atoms with van der Waals surface area (Å²) >= 11 is 0. The Balaban J connectivity index is 1.42. The molecule has 0 spiro atoms. The number of aromatic nitrogens is 4. The quantitative estimate of drug-likeness (QED) is 0.709. The van der Waals surface area contributed by atoms with Crippen LogP contribution in [-0.2, 0) is 6.54 Å².